The minimum Gasteiger partial charge on any atom is -0.369 e. The minimum atomic E-state index is -0.766. The topological polar surface area (TPSA) is 53.1 Å². The van der Waals surface area contributed by atoms with E-state index in [-0.39, 0.29) is 0 Å². The predicted octanol–water partition coefficient (Wildman–Crippen LogP) is 2.52. The molecule has 25 heavy (non-hydrogen) atoms. The van der Waals surface area contributed by atoms with Crippen molar-refractivity contribution in [1.29, 1.82) is 0 Å². The van der Waals surface area contributed by atoms with E-state index >= 15 is 0 Å². The fourth-order valence-electron chi connectivity index (χ4n) is 3.46. The maximum absolute atomic E-state index is 13.1. The van der Waals surface area contributed by atoms with Crippen LogP contribution in [0.2, 0.25) is 0 Å². The number of aromatic nitrogens is 2. The van der Waals surface area contributed by atoms with Gasteiger partial charge in [0.15, 0.2) is 0 Å². The van der Waals surface area contributed by atoms with Crippen LogP contribution in [-0.2, 0) is 6.42 Å². The van der Waals surface area contributed by atoms with E-state index in [4.69, 9.17) is 0 Å². The summed E-state index contributed by atoms with van der Waals surface area (Å²) in [6, 6.07) is 4.13. The van der Waals surface area contributed by atoms with E-state index in [0.717, 1.165) is 43.7 Å². The highest BCUT2D eigenvalue weighted by atomic mass is 19.1. The first-order valence-corrected chi connectivity index (χ1v) is 9.00. The van der Waals surface area contributed by atoms with Crippen LogP contribution in [0.25, 0.3) is 6.08 Å². The molecule has 0 amide bonds. The van der Waals surface area contributed by atoms with E-state index in [0.29, 0.717) is 12.3 Å². The molecule has 0 aromatic carbocycles. The van der Waals surface area contributed by atoms with Crippen LogP contribution in [0, 0.1) is 5.92 Å². The Balaban J connectivity index is 1.38. The van der Waals surface area contributed by atoms with Gasteiger partial charge < -0.3 is 10.3 Å². The monoisotopic (exact) mass is 338 g/mol. The summed E-state index contributed by atoms with van der Waals surface area (Å²) in [4.78, 5) is 12.3. The van der Waals surface area contributed by atoms with Crippen molar-refractivity contribution in [3.8, 4) is 0 Å². The number of alkyl halides is 1. The van der Waals surface area contributed by atoms with Gasteiger partial charge in [0.25, 0.3) is 0 Å². The molecule has 0 bridgehead atoms. The Labute approximate surface area is 146 Å². The molecule has 130 valence electrons. The van der Waals surface area contributed by atoms with E-state index in [2.05, 4.69) is 38.6 Å². The highest BCUT2D eigenvalue weighted by molar-refractivity contribution is 5.38. The van der Waals surface area contributed by atoms with Crippen LogP contribution < -0.4 is 16.0 Å². The molecule has 0 saturated carbocycles. The summed E-state index contributed by atoms with van der Waals surface area (Å²) >= 11 is 0. The molecule has 5 heteroatoms. The van der Waals surface area contributed by atoms with E-state index in [9.17, 15) is 4.39 Å². The summed E-state index contributed by atoms with van der Waals surface area (Å²) in [6.07, 6.45) is 12.5. The minimum absolute atomic E-state index is 0.388. The van der Waals surface area contributed by atoms with Gasteiger partial charge in [-0.25, -0.2) is 9.37 Å². The molecule has 1 aliphatic heterocycles. The molecule has 1 aliphatic carbocycles. The van der Waals surface area contributed by atoms with Gasteiger partial charge >= 0.3 is 0 Å². The van der Waals surface area contributed by atoms with E-state index in [1.807, 2.05) is 18.3 Å². The number of nitrogens with one attached hydrogen (secondary N) is 2. The highest BCUT2D eigenvalue weighted by Crippen LogP contribution is 2.20. The zero-order valence-electron chi connectivity index (χ0n) is 14.2. The van der Waals surface area contributed by atoms with Crippen molar-refractivity contribution in [2.45, 2.75) is 31.9 Å². The van der Waals surface area contributed by atoms with E-state index in [1.165, 1.54) is 16.3 Å². The van der Waals surface area contributed by atoms with Gasteiger partial charge in [-0.15, -0.1) is 0 Å². The number of H-pyrrole nitrogens is 1. The molecule has 0 fully saturated rings. The zero-order valence-corrected chi connectivity index (χ0v) is 14.2. The molecule has 4 nitrogen and oxygen atoms in total. The zero-order chi connectivity index (χ0) is 17.1. The Morgan fingerprint density at radius 3 is 3.00 bits per heavy atom. The van der Waals surface area contributed by atoms with Crippen molar-refractivity contribution in [3.63, 3.8) is 0 Å². The molecule has 2 unspecified atom stereocenters. The van der Waals surface area contributed by atoms with Gasteiger partial charge in [0, 0.05) is 37.1 Å². The second-order valence-electron chi connectivity index (χ2n) is 6.80. The molecule has 2 N–H and O–H groups in total. The largest absolute Gasteiger partial charge is 0.369 e. The molecule has 2 aromatic heterocycles. The highest BCUT2D eigenvalue weighted by Gasteiger charge is 2.14. The smallest absolute Gasteiger partial charge is 0.132 e. The average molecular weight is 338 g/mol. The average Bonchev–Trinajstić information content (AvgIpc) is 3.06. The quantitative estimate of drug-likeness (QED) is 0.823. The fraction of sp³-hybridized carbons (Fsp3) is 0.400. The summed E-state index contributed by atoms with van der Waals surface area (Å²) in [5.41, 5.74) is 3.46. The maximum Gasteiger partial charge on any atom is 0.132 e. The van der Waals surface area contributed by atoms with Crippen LogP contribution in [0.5, 0.6) is 0 Å². The van der Waals surface area contributed by atoms with Crippen molar-refractivity contribution >= 4 is 11.9 Å². The number of rotatable bonds is 5. The SMILES string of the molecule is FC1C=CC(CNc2ccc(Cc3c[nH]c4c3=CCCN=4)cn2)CC1. The number of hydrogen-bond acceptors (Lipinski definition) is 3. The lowest BCUT2D eigenvalue weighted by atomic mass is 9.95. The molecular weight excluding hydrogens is 315 g/mol. The Bertz CT molecular complexity index is 866. The second-order valence-corrected chi connectivity index (χ2v) is 6.80. The number of fused-ring (bicyclic) bond motifs is 1. The van der Waals surface area contributed by atoms with Crippen LogP contribution in [0.3, 0.4) is 0 Å². The first-order valence-electron chi connectivity index (χ1n) is 9.00. The number of pyridine rings is 1. The Morgan fingerprint density at radius 1 is 1.24 bits per heavy atom. The standard InChI is InChI=1S/C20H23FN4/c21-17-6-3-14(4-7-17)11-23-19-8-5-15(12-24-19)10-16-13-25-20-18(16)2-1-9-22-20/h2-3,5-6,8,12-14,17H,1,4,7,9-11H2,(H,22,25)(H,23,24). The molecule has 0 radical (unpaired) electrons. The van der Waals surface area contributed by atoms with Gasteiger partial charge in [0.05, 0.1) is 0 Å². The lowest BCUT2D eigenvalue weighted by Crippen LogP contribution is -2.28. The predicted molar refractivity (Wildman–Crippen MR) is 97.8 cm³/mol. The molecule has 2 aliphatic rings. The Kier molecular flexibility index (Phi) is 4.63. The molecule has 2 aromatic rings. The summed E-state index contributed by atoms with van der Waals surface area (Å²) in [7, 11) is 0. The third-order valence-electron chi connectivity index (χ3n) is 4.90. The van der Waals surface area contributed by atoms with Crippen LogP contribution in [0.4, 0.5) is 10.2 Å². The summed E-state index contributed by atoms with van der Waals surface area (Å²) in [6.45, 7) is 1.67. The second kappa shape index (κ2) is 7.21. The van der Waals surface area contributed by atoms with Crippen molar-refractivity contribution < 1.29 is 4.39 Å². The van der Waals surface area contributed by atoms with E-state index in [1.54, 1.807) is 6.08 Å². The summed E-state index contributed by atoms with van der Waals surface area (Å²) in [5, 5.41) is 4.59. The molecule has 3 heterocycles. The third kappa shape index (κ3) is 3.81. The lowest BCUT2D eigenvalue weighted by Gasteiger charge is -2.19. The van der Waals surface area contributed by atoms with Gasteiger partial charge in [-0.2, -0.15) is 0 Å². The molecular formula is C20H23FN4. The molecule has 4 rings (SSSR count). The number of nitrogens with zero attached hydrogens (tertiary/aromatic N) is 2. The number of aromatic amines is 1. The first kappa shape index (κ1) is 16.1. The maximum atomic E-state index is 13.1. The van der Waals surface area contributed by atoms with Crippen molar-refractivity contribution in [1.82, 2.24) is 9.97 Å². The van der Waals surface area contributed by atoms with Gasteiger partial charge in [-0.1, -0.05) is 24.3 Å². The van der Waals surface area contributed by atoms with Gasteiger partial charge in [-0.3, -0.25) is 4.99 Å². The first-order chi connectivity index (χ1) is 12.3. The van der Waals surface area contributed by atoms with Gasteiger partial charge in [0.2, 0.25) is 0 Å². The van der Waals surface area contributed by atoms with Crippen LogP contribution in [0.1, 0.15) is 30.4 Å². The Hall–Kier alpha value is -2.43. The fourth-order valence-corrected chi connectivity index (χ4v) is 3.46. The number of halogens is 1. The number of hydrogen-bond donors (Lipinski definition) is 2. The van der Waals surface area contributed by atoms with Crippen molar-refractivity contribution in [3.05, 3.63) is 58.5 Å². The Morgan fingerprint density at radius 2 is 2.20 bits per heavy atom. The van der Waals surface area contributed by atoms with Crippen LogP contribution in [0.15, 0.2) is 41.7 Å². The van der Waals surface area contributed by atoms with Crippen molar-refractivity contribution in [2.75, 3.05) is 18.4 Å². The molecule has 0 spiro atoms. The van der Waals surface area contributed by atoms with Gasteiger partial charge in [-0.05, 0) is 42.4 Å². The van der Waals surface area contributed by atoms with Gasteiger partial charge in [0.1, 0.15) is 17.5 Å². The third-order valence-corrected chi connectivity index (χ3v) is 4.90. The lowest BCUT2D eigenvalue weighted by molar-refractivity contribution is 0.339. The van der Waals surface area contributed by atoms with Crippen LogP contribution >= 0.6 is 0 Å². The number of allylic oxidation sites excluding steroid dienone is 1. The molecule has 2 atom stereocenters. The number of anilines is 1. The van der Waals surface area contributed by atoms with Crippen LogP contribution in [-0.4, -0.2) is 29.2 Å². The van der Waals surface area contributed by atoms with Crippen molar-refractivity contribution in [2.24, 2.45) is 10.9 Å². The van der Waals surface area contributed by atoms with E-state index < -0.39 is 6.17 Å². The normalized spacial score (nSPS) is 22.0. The summed E-state index contributed by atoms with van der Waals surface area (Å²) in [5.74, 6) is 1.26. The molecule has 0 saturated heterocycles. The summed E-state index contributed by atoms with van der Waals surface area (Å²) < 4.78 is 13.1.